The molecule has 168 valence electrons. The Morgan fingerprint density at radius 1 is 0.875 bits per heavy atom. The Morgan fingerprint density at radius 2 is 1.59 bits per heavy atom. The summed E-state index contributed by atoms with van der Waals surface area (Å²) in [5, 5.41) is 6.75. The van der Waals surface area contributed by atoms with Crippen molar-refractivity contribution in [2.75, 3.05) is 15.4 Å². The van der Waals surface area contributed by atoms with Crippen LogP contribution in [0.1, 0.15) is 43.4 Å². The standard InChI is InChI=1S/C24H29N5O2S/c1-17-7-6-10-22(15-17)32(30,31)29-21-13-11-20(12-14-21)26-23-16-18(2)25-24(28-23)27-19-8-4-3-5-9-19/h6-7,10-16,19,29H,3-5,8-9H2,1-2H3,(H2,25,26,27,28). The van der Waals surface area contributed by atoms with E-state index < -0.39 is 10.0 Å². The van der Waals surface area contributed by atoms with Crippen LogP contribution in [0.5, 0.6) is 0 Å². The first-order valence-corrected chi connectivity index (χ1v) is 12.4. The molecule has 7 nitrogen and oxygen atoms in total. The van der Waals surface area contributed by atoms with Gasteiger partial charge in [0.1, 0.15) is 5.82 Å². The van der Waals surface area contributed by atoms with Gasteiger partial charge in [-0.05, 0) is 68.7 Å². The van der Waals surface area contributed by atoms with Crippen molar-refractivity contribution in [1.82, 2.24) is 9.97 Å². The molecule has 0 saturated heterocycles. The van der Waals surface area contributed by atoms with Crippen molar-refractivity contribution in [3.05, 3.63) is 65.9 Å². The van der Waals surface area contributed by atoms with Crippen molar-refractivity contribution in [1.29, 1.82) is 0 Å². The monoisotopic (exact) mass is 451 g/mol. The molecule has 3 N–H and O–H groups in total. The van der Waals surface area contributed by atoms with E-state index in [1.54, 1.807) is 30.3 Å². The van der Waals surface area contributed by atoms with Crippen LogP contribution in [-0.4, -0.2) is 24.4 Å². The van der Waals surface area contributed by atoms with Crippen molar-refractivity contribution in [3.8, 4) is 0 Å². The number of aromatic nitrogens is 2. The molecule has 1 aliphatic carbocycles. The lowest BCUT2D eigenvalue weighted by Gasteiger charge is -2.23. The zero-order valence-corrected chi connectivity index (χ0v) is 19.2. The summed E-state index contributed by atoms with van der Waals surface area (Å²) in [7, 11) is -3.63. The van der Waals surface area contributed by atoms with E-state index in [1.807, 2.05) is 38.1 Å². The maximum absolute atomic E-state index is 12.6. The lowest BCUT2D eigenvalue weighted by molar-refractivity contribution is 0.461. The molecule has 0 unspecified atom stereocenters. The summed E-state index contributed by atoms with van der Waals surface area (Å²) in [6.07, 6.45) is 6.10. The van der Waals surface area contributed by atoms with Crippen LogP contribution < -0.4 is 15.4 Å². The molecule has 0 aliphatic heterocycles. The highest BCUT2D eigenvalue weighted by atomic mass is 32.2. The fourth-order valence-electron chi connectivity index (χ4n) is 3.89. The van der Waals surface area contributed by atoms with E-state index in [0.717, 1.165) is 29.8 Å². The molecule has 0 bridgehead atoms. The highest BCUT2D eigenvalue weighted by molar-refractivity contribution is 7.92. The maximum atomic E-state index is 12.6. The number of nitrogens with zero attached hydrogens (tertiary/aromatic N) is 2. The number of hydrogen-bond acceptors (Lipinski definition) is 6. The van der Waals surface area contributed by atoms with Crippen molar-refractivity contribution < 1.29 is 8.42 Å². The van der Waals surface area contributed by atoms with E-state index in [9.17, 15) is 8.42 Å². The summed E-state index contributed by atoms with van der Waals surface area (Å²) in [5.41, 5.74) is 3.08. The molecule has 4 rings (SSSR count). The summed E-state index contributed by atoms with van der Waals surface area (Å²) in [6, 6.07) is 16.2. The van der Waals surface area contributed by atoms with Crippen molar-refractivity contribution >= 4 is 33.2 Å². The normalized spacial score (nSPS) is 14.7. The van der Waals surface area contributed by atoms with Gasteiger partial charge in [0.15, 0.2) is 0 Å². The summed E-state index contributed by atoms with van der Waals surface area (Å²) in [5.74, 6) is 1.34. The van der Waals surface area contributed by atoms with Crippen molar-refractivity contribution in [2.24, 2.45) is 0 Å². The molecular formula is C24H29N5O2S. The van der Waals surface area contributed by atoms with Crippen LogP contribution in [0, 0.1) is 13.8 Å². The minimum Gasteiger partial charge on any atom is -0.351 e. The van der Waals surface area contributed by atoms with Crippen LogP contribution in [0.4, 0.5) is 23.1 Å². The van der Waals surface area contributed by atoms with Crippen molar-refractivity contribution in [2.45, 2.75) is 56.9 Å². The van der Waals surface area contributed by atoms with Crippen LogP contribution >= 0.6 is 0 Å². The lowest BCUT2D eigenvalue weighted by atomic mass is 9.96. The Bertz CT molecular complexity index is 1170. The topological polar surface area (TPSA) is 96.0 Å². The Morgan fingerprint density at radius 3 is 2.31 bits per heavy atom. The average molecular weight is 452 g/mol. The third-order valence-corrected chi connectivity index (χ3v) is 6.88. The number of benzene rings is 2. The van der Waals surface area contributed by atoms with Gasteiger partial charge < -0.3 is 10.6 Å². The summed E-state index contributed by atoms with van der Waals surface area (Å²) in [4.78, 5) is 9.37. The number of rotatable bonds is 7. The zero-order chi connectivity index (χ0) is 22.6. The lowest BCUT2D eigenvalue weighted by Crippen LogP contribution is -2.23. The SMILES string of the molecule is Cc1cccc(S(=O)(=O)Nc2ccc(Nc3cc(C)nc(NC4CCCCC4)n3)cc2)c1. The zero-order valence-electron chi connectivity index (χ0n) is 18.4. The van der Waals surface area contributed by atoms with Gasteiger partial charge in [0.2, 0.25) is 5.95 Å². The first-order chi connectivity index (χ1) is 15.4. The van der Waals surface area contributed by atoms with E-state index >= 15 is 0 Å². The molecule has 8 heteroatoms. The van der Waals surface area contributed by atoms with Gasteiger partial charge in [0, 0.05) is 29.2 Å². The predicted molar refractivity (Wildman–Crippen MR) is 129 cm³/mol. The summed E-state index contributed by atoms with van der Waals surface area (Å²) < 4.78 is 27.9. The smallest absolute Gasteiger partial charge is 0.261 e. The second-order valence-corrected chi connectivity index (χ2v) is 10.0. The van der Waals surface area contributed by atoms with Gasteiger partial charge in [0.25, 0.3) is 10.0 Å². The minimum atomic E-state index is -3.63. The molecule has 1 aliphatic rings. The van der Waals surface area contributed by atoms with Gasteiger partial charge in [-0.25, -0.2) is 13.4 Å². The molecule has 1 fully saturated rings. The van der Waals surface area contributed by atoms with Gasteiger partial charge in [-0.15, -0.1) is 0 Å². The Balaban J connectivity index is 1.43. The van der Waals surface area contributed by atoms with E-state index in [2.05, 4.69) is 25.3 Å². The van der Waals surface area contributed by atoms with Crippen LogP contribution in [0.3, 0.4) is 0 Å². The van der Waals surface area contributed by atoms with Crippen molar-refractivity contribution in [3.63, 3.8) is 0 Å². The summed E-state index contributed by atoms with van der Waals surface area (Å²) in [6.45, 7) is 3.81. The van der Waals surface area contributed by atoms with Gasteiger partial charge in [-0.1, -0.05) is 31.4 Å². The molecule has 0 spiro atoms. The molecule has 1 heterocycles. The van der Waals surface area contributed by atoms with E-state index in [1.165, 1.54) is 19.3 Å². The fourth-order valence-corrected chi connectivity index (χ4v) is 5.06. The van der Waals surface area contributed by atoms with E-state index in [0.29, 0.717) is 23.5 Å². The first-order valence-electron chi connectivity index (χ1n) is 11.0. The quantitative estimate of drug-likeness (QED) is 0.446. The summed E-state index contributed by atoms with van der Waals surface area (Å²) >= 11 is 0. The minimum absolute atomic E-state index is 0.245. The van der Waals surface area contributed by atoms with Crippen LogP contribution in [0.2, 0.25) is 0 Å². The third-order valence-electron chi connectivity index (χ3n) is 5.50. The average Bonchev–Trinajstić information content (AvgIpc) is 2.75. The Hall–Kier alpha value is -3.13. The van der Waals surface area contributed by atoms with Crippen LogP contribution in [0.25, 0.3) is 0 Å². The number of aryl methyl sites for hydroxylation is 2. The van der Waals surface area contributed by atoms with Gasteiger partial charge >= 0.3 is 0 Å². The second kappa shape index (κ2) is 9.56. The highest BCUT2D eigenvalue weighted by Crippen LogP contribution is 2.23. The fraction of sp³-hybridized carbons (Fsp3) is 0.333. The molecule has 0 atom stereocenters. The number of sulfonamides is 1. The van der Waals surface area contributed by atoms with E-state index in [-0.39, 0.29) is 4.90 Å². The van der Waals surface area contributed by atoms with E-state index in [4.69, 9.17) is 0 Å². The molecule has 32 heavy (non-hydrogen) atoms. The van der Waals surface area contributed by atoms with Crippen LogP contribution in [-0.2, 0) is 10.0 Å². The molecule has 1 aromatic heterocycles. The highest BCUT2D eigenvalue weighted by Gasteiger charge is 2.16. The van der Waals surface area contributed by atoms with Gasteiger partial charge in [-0.2, -0.15) is 4.98 Å². The Kier molecular flexibility index (Phi) is 6.60. The largest absolute Gasteiger partial charge is 0.351 e. The second-order valence-electron chi connectivity index (χ2n) is 8.32. The molecule has 0 radical (unpaired) electrons. The third kappa shape index (κ3) is 5.76. The molecular weight excluding hydrogens is 422 g/mol. The van der Waals surface area contributed by atoms with Crippen LogP contribution in [0.15, 0.2) is 59.5 Å². The number of nitrogens with one attached hydrogen (secondary N) is 3. The predicted octanol–water partition coefficient (Wildman–Crippen LogP) is 5.38. The van der Waals surface area contributed by atoms with Gasteiger partial charge in [-0.3, -0.25) is 4.72 Å². The molecule has 0 amide bonds. The molecule has 2 aromatic carbocycles. The Labute approximate surface area is 189 Å². The maximum Gasteiger partial charge on any atom is 0.261 e. The molecule has 3 aromatic rings. The number of hydrogen-bond donors (Lipinski definition) is 3. The molecule has 1 saturated carbocycles. The van der Waals surface area contributed by atoms with Gasteiger partial charge in [0.05, 0.1) is 4.90 Å². The number of anilines is 4. The first kappa shape index (κ1) is 22.1.